The van der Waals surface area contributed by atoms with Crippen molar-refractivity contribution in [3.63, 3.8) is 0 Å². The molecule has 0 aliphatic carbocycles. The number of carbonyl (C=O) groups excluding carboxylic acids is 1. The normalized spacial score (nSPS) is 13.6. The Morgan fingerprint density at radius 3 is 2.57 bits per heavy atom. The van der Waals surface area contributed by atoms with Crippen molar-refractivity contribution in [3.05, 3.63) is 58.8 Å². The van der Waals surface area contributed by atoms with E-state index in [4.69, 9.17) is 4.42 Å². The van der Waals surface area contributed by atoms with Gasteiger partial charge in [0, 0.05) is 18.0 Å². The highest BCUT2D eigenvalue weighted by atomic mass is 19.1. The van der Waals surface area contributed by atoms with Gasteiger partial charge in [-0.1, -0.05) is 19.1 Å². The Bertz CT molecular complexity index is 663. The minimum absolute atomic E-state index is 0.253. The molecule has 1 aromatic heterocycles. The lowest BCUT2D eigenvalue weighted by Gasteiger charge is -2.18. The Labute approximate surface area is 135 Å². The van der Waals surface area contributed by atoms with Crippen molar-refractivity contribution in [3.8, 4) is 0 Å². The average molecular weight is 319 g/mol. The van der Waals surface area contributed by atoms with E-state index in [1.54, 1.807) is 12.1 Å². The van der Waals surface area contributed by atoms with Gasteiger partial charge >= 0.3 is 0 Å². The van der Waals surface area contributed by atoms with Crippen LogP contribution >= 0.6 is 0 Å². The fourth-order valence-corrected chi connectivity index (χ4v) is 2.45. The van der Waals surface area contributed by atoms with Crippen molar-refractivity contribution in [2.45, 2.75) is 45.8 Å². The summed E-state index contributed by atoms with van der Waals surface area (Å²) in [6.07, 6.45) is 0.292. The number of hydrogen-bond acceptors (Lipinski definition) is 3. The van der Waals surface area contributed by atoms with Crippen LogP contribution in [-0.2, 0) is 6.42 Å². The summed E-state index contributed by atoms with van der Waals surface area (Å²) in [5.74, 6) is 0.444. The van der Waals surface area contributed by atoms with Crippen molar-refractivity contribution in [1.29, 1.82) is 0 Å². The summed E-state index contributed by atoms with van der Waals surface area (Å²) in [4.78, 5) is 12.2. The summed E-state index contributed by atoms with van der Waals surface area (Å²) >= 11 is 0. The lowest BCUT2D eigenvalue weighted by Crippen LogP contribution is -2.33. The minimum atomic E-state index is -0.769. The van der Waals surface area contributed by atoms with Gasteiger partial charge in [0.25, 0.3) is 5.91 Å². The molecule has 1 aromatic carbocycles. The number of nitrogens with one attached hydrogen (secondary N) is 1. The van der Waals surface area contributed by atoms with Crippen LogP contribution in [0.1, 0.15) is 53.8 Å². The first-order valence-corrected chi connectivity index (χ1v) is 7.74. The Balaban J connectivity index is 1.95. The third kappa shape index (κ3) is 4.42. The van der Waals surface area contributed by atoms with E-state index < -0.39 is 6.10 Å². The lowest BCUT2D eigenvalue weighted by molar-refractivity contribution is 0.0887. The van der Waals surface area contributed by atoms with Crippen LogP contribution in [0.5, 0.6) is 0 Å². The molecule has 1 heterocycles. The van der Waals surface area contributed by atoms with Gasteiger partial charge in [0.2, 0.25) is 0 Å². The molecule has 23 heavy (non-hydrogen) atoms. The zero-order valence-corrected chi connectivity index (χ0v) is 13.6. The smallest absolute Gasteiger partial charge is 0.287 e. The van der Waals surface area contributed by atoms with Gasteiger partial charge in [0.15, 0.2) is 5.76 Å². The molecule has 2 N–H and O–H groups in total. The standard InChI is InChI=1S/C18H22FNO3/c1-4-15-9-11(2)17(23-15)18(22)20-12(3)10-16(21)13-5-7-14(19)8-6-13/h5-9,12,16,21H,4,10H2,1-3H3,(H,20,22). The number of aliphatic hydroxyl groups excluding tert-OH is 1. The van der Waals surface area contributed by atoms with Crippen LogP contribution < -0.4 is 5.32 Å². The summed E-state index contributed by atoms with van der Waals surface area (Å²) in [6, 6.07) is 7.29. The quantitative estimate of drug-likeness (QED) is 0.856. The highest BCUT2D eigenvalue weighted by molar-refractivity contribution is 5.93. The van der Waals surface area contributed by atoms with Gasteiger partial charge in [-0.25, -0.2) is 4.39 Å². The maximum absolute atomic E-state index is 12.9. The van der Waals surface area contributed by atoms with Crippen molar-refractivity contribution in [1.82, 2.24) is 5.32 Å². The highest BCUT2D eigenvalue weighted by Gasteiger charge is 2.19. The molecule has 5 heteroatoms. The zero-order chi connectivity index (χ0) is 17.0. The fraction of sp³-hybridized carbons (Fsp3) is 0.389. The summed E-state index contributed by atoms with van der Waals surface area (Å²) in [5.41, 5.74) is 1.42. The SMILES string of the molecule is CCc1cc(C)c(C(=O)NC(C)CC(O)c2ccc(F)cc2)o1. The molecule has 0 aliphatic heterocycles. The zero-order valence-electron chi connectivity index (χ0n) is 13.6. The summed E-state index contributed by atoms with van der Waals surface area (Å²) in [7, 11) is 0. The largest absolute Gasteiger partial charge is 0.456 e. The van der Waals surface area contributed by atoms with Gasteiger partial charge in [-0.05, 0) is 44.0 Å². The monoisotopic (exact) mass is 319 g/mol. The third-order valence-corrected chi connectivity index (χ3v) is 3.73. The van der Waals surface area contributed by atoms with Gasteiger partial charge in [-0.3, -0.25) is 4.79 Å². The number of benzene rings is 1. The predicted octanol–water partition coefficient (Wildman–Crippen LogP) is 3.53. The molecule has 0 radical (unpaired) electrons. The molecule has 2 rings (SSSR count). The van der Waals surface area contributed by atoms with Gasteiger partial charge in [0.05, 0.1) is 6.10 Å². The average Bonchev–Trinajstić information content (AvgIpc) is 2.89. The summed E-state index contributed by atoms with van der Waals surface area (Å²) in [6.45, 7) is 5.60. The molecule has 0 saturated carbocycles. The summed E-state index contributed by atoms with van der Waals surface area (Å²) < 4.78 is 18.4. The van der Waals surface area contributed by atoms with Crippen molar-refractivity contribution in [2.24, 2.45) is 0 Å². The highest BCUT2D eigenvalue weighted by Crippen LogP contribution is 2.20. The van der Waals surface area contributed by atoms with E-state index in [9.17, 15) is 14.3 Å². The second kappa shape index (κ2) is 7.42. The van der Waals surface area contributed by atoms with Gasteiger partial charge < -0.3 is 14.8 Å². The van der Waals surface area contributed by atoms with E-state index in [0.29, 0.717) is 17.7 Å². The molecular formula is C18H22FNO3. The molecular weight excluding hydrogens is 297 g/mol. The minimum Gasteiger partial charge on any atom is -0.456 e. The molecule has 2 unspecified atom stereocenters. The Kier molecular flexibility index (Phi) is 5.55. The van der Waals surface area contributed by atoms with Crippen LogP contribution in [0.3, 0.4) is 0 Å². The molecule has 2 atom stereocenters. The van der Waals surface area contributed by atoms with E-state index in [-0.39, 0.29) is 17.8 Å². The van der Waals surface area contributed by atoms with Crippen molar-refractivity contribution in [2.75, 3.05) is 0 Å². The molecule has 124 valence electrons. The number of rotatable bonds is 6. The molecule has 2 aromatic rings. The van der Waals surface area contributed by atoms with Crippen LogP contribution in [0.15, 0.2) is 34.7 Å². The van der Waals surface area contributed by atoms with Crippen molar-refractivity contribution < 1.29 is 18.7 Å². The molecule has 1 amide bonds. The Morgan fingerprint density at radius 1 is 1.35 bits per heavy atom. The second-order valence-electron chi connectivity index (χ2n) is 5.76. The van der Waals surface area contributed by atoms with E-state index in [0.717, 1.165) is 17.7 Å². The first-order chi connectivity index (χ1) is 10.9. The number of aliphatic hydroxyl groups is 1. The fourth-order valence-electron chi connectivity index (χ4n) is 2.45. The molecule has 4 nitrogen and oxygen atoms in total. The Morgan fingerprint density at radius 2 is 2.00 bits per heavy atom. The maximum atomic E-state index is 12.9. The molecule has 0 fully saturated rings. The van der Waals surface area contributed by atoms with Gasteiger partial charge in [0.1, 0.15) is 11.6 Å². The number of halogens is 1. The van der Waals surface area contributed by atoms with Crippen LogP contribution in [-0.4, -0.2) is 17.1 Å². The molecule has 0 aliphatic rings. The maximum Gasteiger partial charge on any atom is 0.287 e. The van der Waals surface area contributed by atoms with E-state index in [1.165, 1.54) is 12.1 Å². The number of aryl methyl sites for hydroxylation is 2. The van der Waals surface area contributed by atoms with E-state index >= 15 is 0 Å². The predicted molar refractivity (Wildman–Crippen MR) is 85.7 cm³/mol. The van der Waals surface area contributed by atoms with Crippen LogP contribution in [0.4, 0.5) is 4.39 Å². The first-order valence-electron chi connectivity index (χ1n) is 7.74. The number of carbonyl (C=O) groups is 1. The van der Waals surface area contributed by atoms with Gasteiger partial charge in [-0.2, -0.15) is 0 Å². The number of furan rings is 1. The van der Waals surface area contributed by atoms with E-state index in [2.05, 4.69) is 5.32 Å². The Hall–Kier alpha value is -2.14. The van der Waals surface area contributed by atoms with Crippen LogP contribution in [0.25, 0.3) is 0 Å². The summed E-state index contributed by atoms with van der Waals surface area (Å²) in [5, 5.41) is 13.0. The molecule has 0 spiro atoms. The second-order valence-corrected chi connectivity index (χ2v) is 5.76. The first kappa shape index (κ1) is 17.2. The topological polar surface area (TPSA) is 62.5 Å². The van der Waals surface area contributed by atoms with Crippen LogP contribution in [0, 0.1) is 12.7 Å². The van der Waals surface area contributed by atoms with Crippen molar-refractivity contribution >= 4 is 5.91 Å². The van der Waals surface area contributed by atoms with Gasteiger partial charge in [-0.15, -0.1) is 0 Å². The lowest BCUT2D eigenvalue weighted by atomic mass is 10.0. The molecule has 0 saturated heterocycles. The van der Waals surface area contributed by atoms with Crippen LogP contribution in [0.2, 0.25) is 0 Å². The number of hydrogen-bond donors (Lipinski definition) is 2. The van der Waals surface area contributed by atoms with E-state index in [1.807, 2.05) is 26.8 Å². The third-order valence-electron chi connectivity index (χ3n) is 3.73. The number of amides is 1. The molecule has 0 bridgehead atoms.